The number of aliphatic hydroxyl groups excluding tert-OH is 1. The maximum absolute atomic E-state index is 11.4. The normalized spacial score (nSPS) is 23.7. The molecule has 90 valence electrons. The van der Waals surface area contributed by atoms with Crippen LogP contribution in [0.2, 0.25) is 0 Å². The van der Waals surface area contributed by atoms with Crippen molar-refractivity contribution in [2.24, 2.45) is 5.41 Å². The fraction of sp³-hybridized carbons (Fsp3) is 1.00. The molecule has 1 rings (SSSR count). The van der Waals surface area contributed by atoms with E-state index in [-0.39, 0.29) is 17.8 Å². The molecule has 0 saturated carbocycles. The highest BCUT2D eigenvalue weighted by Crippen LogP contribution is 2.17. The molecule has 4 nitrogen and oxygen atoms in total. The molecule has 0 aliphatic carbocycles. The lowest BCUT2D eigenvalue weighted by Crippen LogP contribution is -2.38. The summed E-state index contributed by atoms with van der Waals surface area (Å²) < 4.78 is 22.8. The van der Waals surface area contributed by atoms with E-state index in [2.05, 4.69) is 4.90 Å². The van der Waals surface area contributed by atoms with Crippen LogP contribution in [0, 0.1) is 5.41 Å². The maximum Gasteiger partial charge on any atom is 0.151 e. The van der Waals surface area contributed by atoms with Gasteiger partial charge in [0, 0.05) is 25.1 Å². The zero-order valence-corrected chi connectivity index (χ0v) is 10.4. The van der Waals surface area contributed by atoms with Gasteiger partial charge in [-0.05, 0) is 13.0 Å². The highest BCUT2D eigenvalue weighted by Gasteiger charge is 2.24. The lowest BCUT2D eigenvalue weighted by molar-refractivity contribution is 0.107. The fourth-order valence-electron chi connectivity index (χ4n) is 1.80. The summed E-state index contributed by atoms with van der Waals surface area (Å²) in [6, 6.07) is 0. The van der Waals surface area contributed by atoms with Gasteiger partial charge in [0.2, 0.25) is 0 Å². The molecule has 1 aliphatic rings. The summed E-state index contributed by atoms with van der Waals surface area (Å²) in [5.74, 6) is 0.567. The zero-order chi connectivity index (χ0) is 11.5. The van der Waals surface area contributed by atoms with E-state index in [1.165, 1.54) is 0 Å². The molecule has 0 aromatic rings. The predicted molar refractivity (Wildman–Crippen MR) is 60.6 cm³/mol. The summed E-state index contributed by atoms with van der Waals surface area (Å²) in [5, 5.41) is 9.15. The van der Waals surface area contributed by atoms with Gasteiger partial charge in [0.25, 0.3) is 0 Å². The topological polar surface area (TPSA) is 57.6 Å². The minimum atomic E-state index is -2.82. The first-order valence-electron chi connectivity index (χ1n) is 5.38. The number of nitrogens with zero attached hydrogens (tertiary/aromatic N) is 1. The Kier molecular flexibility index (Phi) is 4.14. The molecule has 0 aromatic carbocycles. The molecule has 1 aliphatic heterocycles. The molecular weight excluding hydrogens is 214 g/mol. The molecule has 0 spiro atoms. The first-order valence-corrected chi connectivity index (χ1v) is 7.20. The second kappa shape index (κ2) is 4.80. The van der Waals surface area contributed by atoms with Crippen molar-refractivity contribution in [3.05, 3.63) is 0 Å². The number of sulfone groups is 1. The van der Waals surface area contributed by atoms with Crippen molar-refractivity contribution in [3.8, 4) is 0 Å². The van der Waals surface area contributed by atoms with Gasteiger partial charge in [-0.2, -0.15) is 0 Å². The van der Waals surface area contributed by atoms with Gasteiger partial charge in [-0.3, -0.25) is 0 Å². The summed E-state index contributed by atoms with van der Waals surface area (Å²) in [6.07, 6.45) is 0.712. The third kappa shape index (κ3) is 4.49. The molecule has 0 bridgehead atoms. The molecule has 5 heteroatoms. The summed E-state index contributed by atoms with van der Waals surface area (Å²) >= 11 is 0. The van der Waals surface area contributed by atoms with Crippen LogP contribution in [0.25, 0.3) is 0 Å². The summed E-state index contributed by atoms with van der Waals surface area (Å²) in [4.78, 5) is 2.14. The van der Waals surface area contributed by atoms with E-state index in [0.29, 0.717) is 18.7 Å². The van der Waals surface area contributed by atoms with Crippen molar-refractivity contribution in [1.82, 2.24) is 4.90 Å². The van der Waals surface area contributed by atoms with Crippen LogP contribution in [0.5, 0.6) is 0 Å². The van der Waals surface area contributed by atoms with Crippen molar-refractivity contribution in [2.45, 2.75) is 20.3 Å². The molecule has 1 N–H and O–H groups in total. The number of rotatable bonds is 3. The molecule has 1 heterocycles. The van der Waals surface area contributed by atoms with E-state index in [1.54, 1.807) is 0 Å². The molecule has 1 fully saturated rings. The van der Waals surface area contributed by atoms with Gasteiger partial charge in [0.15, 0.2) is 9.84 Å². The van der Waals surface area contributed by atoms with Crippen LogP contribution >= 0.6 is 0 Å². The van der Waals surface area contributed by atoms with Crippen LogP contribution in [-0.4, -0.2) is 56.2 Å². The Balaban J connectivity index is 2.52. The third-order valence-corrected chi connectivity index (χ3v) is 4.44. The second-order valence-corrected chi connectivity index (χ2v) is 7.41. The Hall–Kier alpha value is -0.130. The van der Waals surface area contributed by atoms with Crippen molar-refractivity contribution in [1.29, 1.82) is 0 Å². The third-order valence-electron chi connectivity index (χ3n) is 2.73. The summed E-state index contributed by atoms with van der Waals surface area (Å²) in [7, 11) is -2.82. The van der Waals surface area contributed by atoms with E-state index in [0.717, 1.165) is 13.1 Å². The smallest absolute Gasteiger partial charge is 0.151 e. The lowest BCUT2D eigenvalue weighted by atomic mass is 9.94. The molecular formula is C10H21NO3S. The Morgan fingerprint density at radius 1 is 1.27 bits per heavy atom. The van der Waals surface area contributed by atoms with Crippen molar-refractivity contribution < 1.29 is 13.5 Å². The highest BCUT2D eigenvalue weighted by molar-refractivity contribution is 7.91. The minimum absolute atomic E-state index is 0.135. The first kappa shape index (κ1) is 12.9. The highest BCUT2D eigenvalue weighted by atomic mass is 32.2. The number of aliphatic hydroxyl groups is 1. The van der Waals surface area contributed by atoms with Crippen LogP contribution in [0.4, 0.5) is 0 Å². The number of hydrogen-bond acceptors (Lipinski definition) is 4. The molecule has 0 amide bonds. The van der Waals surface area contributed by atoms with Crippen LogP contribution in [0.3, 0.4) is 0 Å². The summed E-state index contributed by atoms with van der Waals surface area (Å²) in [6.45, 7) is 6.31. The van der Waals surface area contributed by atoms with E-state index in [1.807, 2.05) is 13.8 Å². The summed E-state index contributed by atoms with van der Waals surface area (Å²) in [5.41, 5.74) is -0.145. The lowest BCUT2D eigenvalue weighted by Gasteiger charge is -2.29. The minimum Gasteiger partial charge on any atom is -0.396 e. The van der Waals surface area contributed by atoms with Gasteiger partial charge in [-0.15, -0.1) is 0 Å². The molecule has 0 aromatic heterocycles. The molecule has 0 unspecified atom stereocenters. The van der Waals surface area contributed by atoms with Crippen molar-refractivity contribution >= 4 is 9.84 Å². The van der Waals surface area contributed by atoms with Gasteiger partial charge >= 0.3 is 0 Å². The standard InChI is InChI=1S/C10H21NO3S/c1-10(2,9-12)8-11-4-3-6-15(13,14)7-5-11/h12H,3-9H2,1-2H3. The molecule has 0 radical (unpaired) electrons. The largest absolute Gasteiger partial charge is 0.396 e. The van der Waals surface area contributed by atoms with Gasteiger partial charge in [0.1, 0.15) is 0 Å². The maximum atomic E-state index is 11.4. The van der Waals surface area contributed by atoms with Crippen LogP contribution in [0.15, 0.2) is 0 Å². The van der Waals surface area contributed by atoms with Gasteiger partial charge in [-0.1, -0.05) is 13.8 Å². The Labute approximate surface area is 92.2 Å². The quantitative estimate of drug-likeness (QED) is 0.755. The van der Waals surface area contributed by atoms with Gasteiger partial charge < -0.3 is 10.0 Å². The zero-order valence-electron chi connectivity index (χ0n) is 9.57. The molecule has 1 saturated heterocycles. The van der Waals surface area contributed by atoms with Crippen LogP contribution < -0.4 is 0 Å². The molecule has 15 heavy (non-hydrogen) atoms. The first-order chi connectivity index (χ1) is 6.85. The van der Waals surface area contributed by atoms with E-state index in [9.17, 15) is 8.42 Å². The van der Waals surface area contributed by atoms with Crippen molar-refractivity contribution in [3.63, 3.8) is 0 Å². The molecule has 0 atom stereocenters. The Morgan fingerprint density at radius 3 is 2.53 bits per heavy atom. The Bertz CT molecular complexity index is 298. The van der Waals surface area contributed by atoms with E-state index in [4.69, 9.17) is 5.11 Å². The average Bonchev–Trinajstić information content (AvgIpc) is 2.28. The monoisotopic (exact) mass is 235 g/mol. The van der Waals surface area contributed by atoms with Crippen molar-refractivity contribution in [2.75, 3.05) is 37.7 Å². The van der Waals surface area contributed by atoms with E-state index < -0.39 is 9.84 Å². The average molecular weight is 235 g/mol. The van der Waals surface area contributed by atoms with E-state index >= 15 is 0 Å². The number of hydrogen-bond donors (Lipinski definition) is 1. The SMILES string of the molecule is CC(C)(CO)CN1CCCS(=O)(=O)CC1. The van der Waals surface area contributed by atoms with Crippen LogP contribution in [0.1, 0.15) is 20.3 Å². The van der Waals surface area contributed by atoms with Gasteiger partial charge in [0.05, 0.1) is 11.5 Å². The predicted octanol–water partition coefficient (Wildman–Crippen LogP) is 0.125. The second-order valence-electron chi connectivity index (χ2n) is 5.10. The van der Waals surface area contributed by atoms with Gasteiger partial charge in [-0.25, -0.2) is 8.42 Å². The Morgan fingerprint density at radius 2 is 1.93 bits per heavy atom. The fourth-order valence-corrected chi connectivity index (χ4v) is 3.11. The van der Waals surface area contributed by atoms with Crippen LogP contribution in [-0.2, 0) is 9.84 Å².